The minimum Gasteiger partial charge on any atom is -0.397 e. The topological polar surface area (TPSA) is 68.0 Å². The van der Waals surface area contributed by atoms with Crippen LogP contribution in [0.3, 0.4) is 0 Å². The summed E-state index contributed by atoms with van der Waals surface area (Å²) in [5.74, 6) is -0.590. The van der Waals surface area contributed by atoms with E-state index >= 15 is 0 Å². The van der Waals surface area contributed by atoms with Crippen molar-refractivity contribution in [1.29, 1.82) is 0 Å². The molecule has 0 fully saturated rings. The number of anilines is 2. The van der Waals surface area contributed by atoms with Crippen LogP contribution in [0.25, 0.3) is 16.6 Å². The van der Waals surface area contributed by atoms with Gasteiger partial charge in [0.25, 0.3) is 0 Å². The van der Waals surface area contributed by atoms with Gasteiger partial charge in [0.1, 0.15) is 10.8 Å². The molecule has 3 rings (SSSR count). The number of nitrogens with two attached hydrogens (primary N) is 1. The number of hydrogen-bond donors (Lipinski definition) is 2. The summed E-state index contributed by atoms with van der Waals surface area (Å²) >= 11 is 1.38. The number of carbonyl (C=O) groups is 1. The maximum absolute atomic E-state index is 13.3. The highest BCUT2D eigenvalue weighted by molar-refractivity contribution is 7.15. The zero-order chi connectivity index (χ0) is 16.9. The van der Waals surface area contributed by atoms with Gasteiger partial charge in [0, 0.05) is 22.7 Å². The van der Waals surface area contributed by atoms with E-state index < -0.39 is 0 Å². The molecule has 3 N–H and O–H groups in total. The van der Waals surface area contributed by atoms with Gasteiger partial charge in [-0.3, -0.25) is 4.79 Å². The van der Waals surface area contributed by atoms with Crippen LogP contribution in [-0.4, -0.2) is 10.9 Å². The van der Waals surface area contributed by atoms with E-state index in [1.54, 1.807) is 48.7 Å². The molecule has 0 aliphatic heterocycles. The molecule has 0 aliphatic rings. The monoisotopic (exact) mass is 339 g/mol. The first-order valence-electron chi connectivity index (χ1n) is 7.17. The van der Waals surface area contributed by atoms with Gasteiger partial charge in [-0.05, 0) is 30.3 Å². The van der Waals surface area contributed by atoms with Crippen molar-refractivity contribution in [2.75, 3.05) is 11.1 Å². The van der Waals surface area contributed by atoms with E-state index in [1.807, 2.05) is 0 Å². The lowest BCUT2D eigenvalue weighted by molar-refractivity contribution is -0.111. The van der Waals surface area contributed by atoms with Crippen LogP contribution < -0.4 is 11.1 Å². The normalized spacial score (nSPS) is 10.9. The van der Waals surface area contributed by atoms with Crippen LogP contribution >= 0.6 is 11.3 Å². The fraction of sp³-hybridized carbons (Fsp3) is 0. The summed E-state index contributed by atoms with van der Waals surface area (Å²) in [7, 11) is 0. The average molecular weight is 339 g/mol. The molecule has 1 amide bonds. The number of amides is 1. The number of thiazole rings is 1. The number of rotatable bonds is 4. The van der Waals surface area contributed by atoms with Crippen LogP contribution in [0.1, 0.15) is 4.88 Å². The summed E-state index contributed by atoms with van der Waals surface area (Å²) in [6, 6.07) is 13.3. The Bertz CT molecular complexity index is 905. The Hall–Kier alpha value is -2.99. The van der Waals surface area contributed by atoms with Crippen LogP contribution in [0.15, 0.2) is 60.8 Å². The molecule has 0 saturated heterocycles. The van der Waals surface area contributed by atoms with Gasteiger partial charge < -0.3 is 11.1 Å². The zero-order valence-electron chi connectivity index (χ0n) is 12.6. The number of benzene rings is 2. The minimum absolute atomic E-state index is 0.284. The van der Waals surface area contributed by atoms with E-state index in [0.29, 0.717) is 21.9 Å². The molecule has 0 aliphatic carbocycles. The lowest BCUT2D eigenvalue weighted by atomic mass is 10.2. The van der Waals surface area contributed by atoms with Gasteiger partial charge in [-0.2, -0.15) is 0 Å². The predicted octanol–water partition coefficient (Wildman–Crippen LogP) is 4.18. The predicted molar refractivity (Wildman–Crippen MR) is 96.0 cm³/mol. The first kappa shape index (κ1) is 15.9. The smallest absolute Gasteiger partial charge is 0.248 e. The lowest BCUT2D eigenvalue weighted by Gasteiger charge is -2.04. The molecule has 0 spiro atoms. The Morgan fingerprint density at radius 1 is 1.21 bits per heavy atom. The molecule has 6 heteroatoms. The first-order chi connectivity index (χ1) is 11.6. The summed E-state index contributed by atoms with van der Waals surface area (Å²) in [6.45, 7) is 0. The fourth-order valence-electron chi connectivity index (χ4n) is 2.06. The Balaban J connectivity index is 1.69. The van der Waals surface area contributed by atoms with Crippen molar-refractivity contribution in [2.24, 2.45) is 0 Å². The van der Waals surface area contributed by atoms with Crippen LogP contribution in [0, 0.1) is 5.82 Å². The maximum Gasteiger partial charge on any atom is 0.248 e. The van der Waals surface area contributed by atoms with E-state index in [1.165, 1.54) is 29.5 Å². The zero-order valence-corrected chi connectivity index (χ0v) is 13.4. The van der Waals surface area contributed by atoms with Crippen LogP contribution in [0.2, 0.25) is 0 Å². The molecule has 4 nitrogen and oxygen atoms in total. The van der Waals surface area contributed by atoms with Crippen molar-refractivity contribution in [1.82, 2.24) is 4.98 Å². The quantitative estimate of drug-likeness (QED) is 0.553. The third-order valence-corrected chi connectivity index (χ3v) is 4.22. The Kier molecular flexibility index (Phi) is 4.67. The number of hydrogen-bond acceptors (Lipinski definition) is 4. The van der Waals surface area contributed by atoms with Crippen molar-refractivity contribution in [3.05, 3.63) is 71.5 Å². The van der Waals surface area contributed by atoms with Gasteiger partial charge in [0.15, 0.2) is 0 Å². The van der Waals surface area contributed by atoms with Crippen LogP contribution in [0.5, 0.6) is 0 Å². The summed E-state index contributed by atoms with van der Waals surface area (Å²) in [5.41, 5.74) is 7.56. The van der Waals surface area contributed by atoms with Gasteiger partial charge in [0.05, 0.1) is 11.4 Å². The second kappa shape index (κ2) is 7.06. The highest BCUT2D eigenvalue weighted by Gasteiger charge is 2.05. The number of carbonyl (C=O) groups excluding carboxylic acids is 1. The number of halogens is 1. The molecular weight excluding hydrogens is 325 g/mol. The standard InChI is InChI=1S/C18H14FN3OS/c19-13-5-3-4-12(10-13)18-21-11-14(24-18)8-9-17(23)22-16-7-2-1-6-15(16)20/h1-11H,20H2,(H,22,23)/b9-8+. The molecule has 120 valence electrons. The number of nitrogens with zero attached hydrogens (tertiary/aromatic N) is 1. The summed E-state index contributed by atoms with van der Waals surface area (Å²) in [6.07, 6.45) is 4.72. The van der Waals surface area contributed by atoms with Crippen LogP contribution in [0.4, 0.5) is 15.8 Å². The molecule has 24 heavy (non-hydrogen) atoms. The van der Waals surface area contributed by atoms with Crippen molar-refractivity contribution in [2.45, 2.75) is 0 Å². The fourth-order valence-corrected chi connectivity index (χ4v) is 2.88. The second-order valence-electron chi connectivity index (χ2n) is 4.99. The van der Waals surface area contributed by atoms with Crippen LogP contribution in [-0.2, 0) is 4.79 Å². The molecule has 3 aromatic rings. The molecule has 0 unspecified atom stereocenters. The Morgan fingerprint density at radius 3 is 2.83 bits per heavy atom. The molecule has 0 atom stereocenters. The lowest BCUT2D eigenvalue weighted by Crippen LogP contribution is -2.09. The number of nitrogens with one attached hydrogen (secondary N) is 1. The third kappa shape index (κ3) is 3.85. The largest absolute Gasteiger partial charge is 0.397 e. The maximum atomic E-state index is 13.3. The molecule has 0 bridgehead atoms. The van der Waals surface area contributed by atoms with Crippen molar-refractivity contribution >= 4 is 34.7 Å². The second-order valence-corrected chi connectivity index (χ2v) is 6.05. The average Bonchev–Trinajstić information content (AvgIpc) is 3.04. The van der Waals surface area contributed by atoms with E-state index in [-0.39, 0.29) is 11.7 Å². The van der Waals surface area contributed by atoms with E-state index in [2.05, 4.69) is 10.3 Å². The highest BCUT2D eigenvalue weighted by Crippen LogP contribution is 2.26. The van der Waals surface area contributed by atoms with Gasteiger partial charge in [-0.15, -0.1) is 11.3 Å². The van der Waals surface area contributed by atoms with Crippen molar-refractivity contribution in [3.63, 3.8) is 0 Å². The SMILES string of the molecule is Nc1ccccc1NC(=O)/C=C/c1cnc(-c2cccc(F)c2)s1. The van der Waals surface area contributed by atoms with Gasteiger partial charge in [0.2, 0.25) is 5.91 Å². The molecule has 0 saturated carbocycles. The van der Waals surface area contributed by atoms with Gasteiger partial charge >= 0.3 is 0 Å². The molecule has 0 radical (unpaired) electrons. The van der Waals surface area contributed by atoms with Gasteiger partial charge in [-0.25, -0.2) is 9.37 Å². The molecule has 1 heterocycles. The summed E-state index contributed by atoms with van der Waals surface area (Å²) < 4.78 is 13.3. The van der Waals surface area contributed by atoms with E-state index in [9.17, 15) is 9.18 Å². The Labute approximate surface area is 142 Å². The van der Waals surface area contributed by atoms with E-state index in [4.69, 9.17) is 5.73 Å². The summed E-state index contributed by atoms with van der Waals surface area (Å²) in [5, 5.41) is 3.41. The number of aromatic nitrogens is 1. The highest BCUT2D eigenvalue weighted by atomic mass is 32.1. The Morgan fingerprint density at radius 2 is 2.04 bits per heavy atom. The van der Waals surface area contributed by atoms with Crippen molar-refractivity contribution < 1.29 is 9.18 Å². The molecule has 2 aromatic carbocycles. The molecular formula is C18H14FN3OS. The number of para-hydroxylation sites is 2. The third-order valence-electron chi connectivity index (χ3n) is 3.21. The molecule has 1 aromatic heterocycles. The number of nitrogen functional groups attached to an aromatic ring is 1. The first-order valence-corrected chi connectivity index (χ1v) is 7.99. The summed E-state index contributed by atoms with van der Waals surface area (Å²) in [4.78, 5) is 17.0. The van der Waals surface area contributed by atoms with E-state index in [0.717, 1.165) is 4.88 Å². The minimum atomic E-state index is -0.306. The van der Waals surface area contributed by atoms with Crippen molar-refractivity contribution in [3.8, 4) is 10.6 Å². The van der Waals surface area contributed by atoms with Gasteiger partial charge in [-0.1, -0.05) is 24.3 Å².